The third-order valence-electron chi connectivity index (χ3n) is 5.76. The first kappa shape index (κ1) is 17.8. The highest BCUT2D eigenvalue weighted by molar-refractivity contribution is 6.09. The van der Waals surface area contributed by atoms with Crippen molar-refractivity contribution in [3.63, 3.8) is 0 Å². The van der Waals surface area contributed by atoms with Crippen molar-refractivity contribution < 1.29 is 19.1 Å². The van der Waals surface area contributed by atoms with Crippen LogP contribution in [0.1, 0.15) is 44.1 Å². The number of nitrogens with one attached hydrogen (secondary N) is 1. The number of benzene rings is 1. The van der Waals surface area contributed by atoms with Gasteiger partial charge in [0.25, 0.3) is 5.91 Å². The van der Waals surface area contributed by atoms with E-state index < -0.39 is 11.6 Å². The molecule has 7 heteroatoms. The highest BCUT2D eigenvalue weighted by atomic mass is 16.5. The number of hydrogen-bond donors (Lipinski definition) is 1. The Morgan fingerprint density at radius 1 is 1.07 bits per heavy atom. The maximum Gasteiger partial charge on any atom is 0.325 e. The fourth-order valence-corrected chi connectivity index (χ4v) is 4.25. The average Bonchev–Trinajstić information content (AvgIpc) is 2.87. The number of hydrogen-bond acceptors (Lipinski definition) is 4. The second kappa shape index (κ2) is 7.21. The number of para-hydroxylation sites is 1. The van der Waals surface area contributed by atoms with Crippen LogP contribution in [0.5, 0.6) is 5.75 Å². The van der Waals surface area contributed by atoms with E-state index >= 15 is 0 Å². The Labute approximate surface area is 158 Å². The fourth-order valence-electron chi connectivity index (χ4n) is 4.25. The number of likely N-dealkylation sites (tertiary alicyclic amines) is 1. The Morgan fingerprint density at radius 3 is 2.56 bits per heavy atom. The Morgan fingerprint density at radius 2 is 1.78 bits per heavy atom. The number of nitrogens with zero attached hydrogens (tertiary/aromatic N) is 2. The normalized spacial score (nSPS) is 25.5. The van der Waals surface area contributed by atoms with E-state index in [2.05, 4.69) is 5.32 Å². The number of imide groups is 1. The first-order valence-electron chi connectivity index (χ1n) is 9.76. The summed E-state index contributed by atoms with van der Waals surface area (Å²) < 4.78 is 5.63. The molecule has 0 bridgehead atoms. The van der Waals surface area contributed by atoms with E-state index in [1.165, 1.54) is 6.42 Å². The summed E-state index contributed by atoms with van der Waals surface area (Å²) in [5.74, 6) is 0.0933. The Kier molecular flexibility index (Phi) is 4.76. The lowest BCUT2D eigenvalue weighted by Crippen LogP contribution is -2.48. The van der Waals surface area contributed by atoms with E-state index in [0.717, 1.165) is 30.6 Å². The third kappa shape index (κ3) is 3.15. The summed E-state index contributed by atoms with van der Waals surface area (Å²) in [6.45, 7) is 1.54. The number of carbonyl (C=O) groups excluding carboxylic acids is 3. The Hall–Kier alpha value is -2.57. The van der Waals surface area contributed by atoms with Crippen LogP contribution in [0.15, 0.2) is 24.3 Å². The smallest absolute Gasteiger partial charge is 0.325 e. The molecule has 0 aromatic heterocycles. The molecule has 4 amide bonds. The number of carbonyl (C=O) groups is 3. The lowest BCUT2D eigenvalue weighted by Gasteiger charge is -2.33. The molecule has 2 saturated heterocycles. The number of urea groups is 1. The first-order chi connectivity index (χ1) is 13.1. The van der Waals surface area contributed by atoms with Gasteiger partial charge in [0, 0.05) is 25.1 Å². The number of ether oxygens (including phenoxy) is 1. The van der Waals surface area contributed by atoms with Crippen LogP contribution in [0.25, 0.3) is 0 Å². The van der Waals surface area contributed by atoms with Crippen molar-refractivity contribution in [2.45, 2.75) is 44.1 Å². The Bertz CT molecular complexity index is 757. The molecule has 0 unspecified atom stereocenters. The molecule has 144 valence electrons. The van der Waals surface area contributed by atoms with E-state index in [-0.39, 0.29) is 18.4 Å². The lowest BCUT2D eigenvalue weighted by molar-refractivity contribution is -0.139. The molecule has 1 N–H and O–H groups in total. The monoisotopic (exact) mass is 371 g/mol. The second-order valence-corrected chi connectivity index (χ2v) is 7.47. The van der Waals surface area contributed by atoms with Gasteiger partial charge in [0.1, 0.15) is 12.3 Å². The van der Waals surface area contributed by atoms with E-state index in [1.807, 2.05) is 12.1 Å². The molecule has 0 saturated carbocycles. The zero-order chi connectivity index (χ0) is 18.9. The van der Waals surface area contributed by atoms with Gasteiger partial charge in [0.2, 0.25) is 5.91 Å². The molecule has 1 spiro atoms. The molecule has 1 aromatic carbocycles. The molecule has 27 heavy (non-hydrogen) atoms. The van der Waals surface area contributed by atoms with Crippen LogP contribution in [-0.2, 0) is 15.1 Å². The number of rotatable bonds is 2. The highest BCUT2D eigenvalue weighted by Gasteiger charge is 2.55. The van der Waals surface area contributed by atoms with Gasteiger partial charge in [-0.2, -0.15) is 0 Å². The van der Waals surface area contributed by atoms with Crippen LogP contribution in [0.4, 0.5) is 4.79 Å². The van der Waals surface area contributed by atoms with E-state index in [1.54, 1.807) is 17.0 Å². The molecule has 7 nitrogen and oxygen atoms in total. The Balaban J connectivity index is 1.53. The quantitative estimate of drug-likeness (QED) is 0.807. The van der Waals surface area contributed by atoms with Gasteiger partial charge >= 0.3 is 6.03 Å². The highest BCUT2D eigenvalue weighted by Crippen LogP contribution is 2.40. The number of fused-ring (bicyclic) bond motifs is 2. The van der Waals surface area contributed by atoms with Crippen molar-refractivity contribution in [2.75, 3.05) is 26.2 Å². The van der Waals surface area contributed by atoms with Gasteiger partial charge in [-0.15, -0.1) is 0 Å². The molecule has 1 atom stereocenters. The van der Waals surface area contributed by atoms with Crippen LogP contribution in [0.3, 0.4) is 0 Å². The first-order valence-corrected chi connectivity index (χ1v) is 9.76. The van der Waals surface area contributed by atoms with Gasteiger partial charge in [-0.1, -0.05) is 37.5 Å². The van der Waals surface area contributed by atoms with Gasteiger partial charge < -0.3 is 15.0 Å². The molecule has 3 aliphatic rings. The van der Waals surface area contributed by atoms with Crippen molar-refractivity contribution in [2.24, 2.45) is 0 Å². The molecule has 0 radical (unpaired) electrons. The van der Waals surface area contributed by atoms with Crippen LogP contribution in [0, 0.1) is 0 Å². The summed E-state index contributed by atoms with van der Waals surface area (Å²) in [6, 6.07) is 6.75. The van der Waals surface area contributed by atoms with E-state index in [9.17, 15) is 14.4 Å². The minimum Gasteiger partial charge on any atom is -0.493 e. The van der Waals surface area contributed by atoms with Crippen molar-refractivity contribution in [3.05, 3.63) is 29.8 Å². The molecular formula is C20H25N3O4. The lowest BCUT2D eigenvalue weighted by atomic mass is 9.84. The molecule has 0 aliphatic carbocycles. The fraction of sp³-hybridized carbons (Fsp3) is 0.550. The van der Waals surface area contributed by atoms with Gasteiger partial charge in [-0.25, -0.2) is 4.79 Å². The van der Waals surface area contributed by atoms with E-state index in [4.69, 9.17) is 4.74 Å². The molecule has 2 fully saturated rings. The van der Waals surface area contributed by atoms with Crippen LogP contribution >= 0.6 is 0 Å². The maximum absolute atomic E-state index is 13.2. The van der Waals surface area contributed by atoms with Gasteiger partial charge in [0.05, 0.1) is 6.61 Å². The maximum atomic E-state index is 13.2. The summed E-state index contributed by atoms with van der Waals surface area (Å²) in [4.78, 5) is 41.4. The van der Waals surface area contributed by atoms with E-state index in [0.29, 0.717) is 37.4 Å². The van der Waals surface area contributed by atoms with Gasteiger partial charge in [-0.3, -0.25) is 14.5 Å². The SMILES string of the molecule is O=C(CN1C(=O)N[C@]2(CCOc3ccccc32)C1=O)N1CCCCCCC1. The van der Waals surface area contributed by atoms with Crippen LogP contribution in [-0.4, -0.2) is 53.9 Å². The third-order valence-corrected chi connectivity index (χ3v) is 5.76. The van der Waals surface area contributed by atoms with Gasteiger partial charge in [0.15, 0.2) is 5.54 Å². The van der Waals surface area contributed by atoms with Crippen molar-refractivity contribution in [3.8, 4) is 5.75 Å². The summed E-state index contributed by atoms with van der Waals surface area (Å²) in [6.07, 6.45) is 5.75. The molecule has 3 aliphatic heterocycles. The number of amides is 4. The van der Waals surface area contributed by atoms with Crippen LogP contribution in [0.2, 0.25) is 0 Å². The summed E-state index contributed by atoms with van der Waals surface area (Å²) >= 11 is 0. The molecule has 3 heterocycles. The largest absolute Gasteiger partial charge is 0.493 e. The van der Waals surface area contributed by atoms with Crippen LogP contribution < -0.4 is 10.1 Å². The minimum atomic E-state index is -1.12. The molecule has 1 aromatic rings. The van der Waals surface area contributed by atoms with Gasteiger partial charge in [-0.05, 0) is 18.9 Å². The summed E-state index contributed by atoms with van der Waals surface area (Å²) in [5.41, 5.74) is -0.460. The van der Waals surface area contributed by atoms with Crippen molar-refractivity contribution >= 4 is 17.8 Å². The zero-order valence-corrected chi connectivity index (χ0v) is 15.4. The average molecular weight is 371 g/mol. The zero-order valence-electron chi connectivity index (χ0n) is 15.4. The predicted molar refractivity (Wildman–Crippen MR) is 98.1 cm³/mol. The summed E-state index contributed by atoms with van der Waals surface area (Å²) in [5, 5.41) is 2.84. The predicted octanol–water partition coefficient (Wildman–Crippen LogP) is 2.01. The van der Waals surface area contributed by atoms with Crippen molar-refractivity contribution in [1.82, 2.24) is 15.1 Å². The minimum absolute atomic E-state index is 0.155. The topological polar surface area (TPSA) is 79.0 Å². The second-order valence-electron chi connectivity index (χ2n) is 7.47. The van der Waals surface area contributed by atoms with Crippen molar-refractivity contribution in [1.29, 1.82) is 0 Å². The summed E-state index contributed by atoms with van der Waals surface area (Å²) in [7, 11) is 0. The standard InChI is InChI=1S/C20H25N3O4/c24-17(22-11-6-2-1-3-7-12-22)14-23-18(25)20(21-19(23)26)10-13-27-16-9-5-4-8-15(16)20/h4-5,8-9H,1-3,6-7,10-14H2,(H,21,26)/t20-/m0/s1. The molecule has 4 rings (SSSR count). The molecular weight excluding hydrogens is 346 g/mol.